The highest BCUT2D eigenvalue weighted by molar-refractivity contribution is 7.16. The van der Waals surface area contributed by atoms with Crippen LogP contribution in [-0.4, -0.2) is 47.0 Å². The van der Waals surface area contributed by atoms with Gasteiger partial charge in [0.1, 0.15) is 17.0 Å². The predicted molar refractivity (Wildman–Crippen MR) is 116 cm³/mol. The maximum absolute atomic E-state index is 12.6. The van der Waals surface area contributed by atoms with Gasteiger partial charge in [0.25, 0.3) is 0 Å². The molecule has 1 amide bonds. The summed E-state index contributed by atoms with van der Waals surface area (Å²) in [5.41, 5.74) is 1.11. The van der Waals surface area contributed by atoms with E-state index in [4.69, 9.17) is 23.2 Å². The second-order valence-corrected chi connectivity index (χ2v) is 8.52. The van der Waals surface area contributed by atoms with Crippen LogP contribution in [0.15, 0.2) is 36.0 Å². The molecule has 146 valence electrons. The summed E-state index contributed by atoms with van der Waals surface area (Å²) in [6.45, 7) is 3.03. The Kier molecular flexibility index (Phi) is 5.99. The van der Waals surface area contributed by atoms with Gasteiger partial charge in [0, 0.05) is 32.6 Å². The van der Waals surface area contributed by atoms with E-state index in [0.29, 0.717) is 16.5 Å². The van der Waals surface area contributed by atoms with Gasteiger partial charge >= 0.3 is 0 Å². The summed E-state index contributed by atoms with van der Waals surface area (Å²) >= 11 is 13.6. The van der Waals surface area contributed by atoms with E-state index >= 15 is 0 Å². The second kappa shape index (κ2) is 8.64. The van der Waals surface area contributed by atoms with Crippen molar-refractivity contribution in [2.45, 2.75) is 19.3 Å². The molecule has 0 N–H and O–H groups in total. The van der Waals surface area contributed by atoms with Gasteiger partial charge in [-0.1, -0.05) is 29.3 Å². The van der Waals surface area contributed by atoms with Gasteiger partial charge in [-0.15, -0.1) is 11.3 Å². The molecule has 3 aromatic rings. The average Bonchev–Trinajstić information content (AvgIpc) is 3.19. The summed E-state index contributed by atoms with van der Waals surface area (Å²) in [6.07, 6.45) is 3.79. The Labute approximate surface area is 177 Å². The zero-order chi connectivity index (χ0) is 19.5. The number of thiophene rings is 1. The van der Waals surface area contributed by atoms with Gasteiger partial charge in [-0.25, -0.2) is 9.97 Å². The number of hydrogen-bond donors (Lipinski definition) is 0. The molecule has 5 nitrogen and oxygen atoms in total. The van der Waals surface area contributed by atoms with Crippen molar-refractivity contribution >= 4 is 56.5 Å². The Hall–Kier alpha value is -1.89. The molecule has 0 unspecified atom stereocenters. The van der Waals surface area contributed by atoms with Crippen molar-refractivity contribution in [2.24, 2.45) is 0 Å². The van der Waals surface area contributed by atoms with E-state index in [1.807, 2.05) is 22.4 Å². The number of fused-ring (bicyclic) bond motifs is 1. The van der Waals surface area contributed by atoms with E-state index in [1.54, 1.807) is 23.7 Å². The largest absolute Gasteiger partial charge is 0.352 e. The van der Waals surface area contributed by atoms with Crippen LogP contribution in [0.3, 0.4) is 0 Å². The molecule has 0 spiro atoms. The molecule has 0 saturated carbocycles. The van der Waals surface area contributed by atoms with Crippen LogP contribution in [0.4, 0.5) is 5.82 Å². The van der Waals surface area contributed by atoms with Crippen LogP contribution >= 0.6 is 34.5 Å². The quantitative estimate of drug-likeness (QED) is 0.585. The molecule has 1 aliphatic rings. The number of aromatic nitrogens is 2. The Bertz CT molecular complexity index is 985. The monoisotopic (exact) mass is 434 g/mol. The molecule has 4 rings (SSSR count). The number of carbonyl (C=O) groups is 1. The number of halogens is 2. The topological polar surface area (TPSA) is 49.3 Å². The maximum Gasteiger partial charge on any atom is 0.222 e. The first-order valence-corrected chi connectivity index (χ1v) is 10.9. The van der Waals surface area contributed by atoms with Gasteiger partial charge < -0.3 is 9.80 Å². The molecule has 8 heteroatoms. The minimum absolute atomic E-state index is 0.211. The number of amides is 1. The smallest absolute Gasteiger partial charge is 0.222 e. The predicted octanol–water partition coefficient (Wildman–Crippen LogP) is 4.67. The number of piperazine rings is 1. The molecule has 2 aromatic heterocycles. The molecule has 0 radical (unpaired) electrons. The van der Waals surface area contributed by atoms with Crippen molar-refractivity contribution in [3.63, 3.8) is 0 Å². The molecule has 1 saturated heterocycles. The summed E-state index contributed by atoms with van der Waals surface area (Å²) in [6, 6.07) is 7.71. The third-order valence-electron chi connectivity index (χ3n) is 5.01. The lowest BCUT2D eigenvalue weighted by Gasteiger charge is -2.35. The first-order valence-electron chi connectivity index (χ1n) is 9.26. The van der Waals surface area contributed by atoms with Crippen molar-refractivity contribution in [1.29, 1.82) is 0 Å². The van der Waals surface area contributed by atoms with Crippen LogP contribution < -0.4 is 4.90 Å². The molecule has 1 fully saturated rings. The molecule has 1 aliphatic heterocycles. The van der Waals surface area contributed by atoms with Gasteiger partial charge in [-0.2, -0.15) is 0 Å². The Morgan fingerprint density at radius 1 is 1.07 bits per heavy atom. The van der Waals surface area contributed by atoms with Gasteiger partial charge in [0.2, 0.25) is 5.91 Å². The third-order valence-corrected chi connectivity index (χ3v) is 6.57. The van der Waals surface area contributed by atoms with Crippen molar-refractivity contribution in [1.82, 2.24) is 14.9 Å². The van der Waals surface area contributed by atoms with E-state index in [1.165, 1.54) is 0 Å². The van der Waals surface area contributed by atoms with Crippen LogP contribution in [0.5, 0.6) is 0 Å². The fourth-order valence-electron chi connectivity index (χ4n) is 3.49. The SMILES string of the molecule is O=C(CCCc1ccc(Cl)c(Cl)c1)N1CCN(c2ncnc3sccc23)CC1. The lowest BCUT2D eigenvalue weighted by molar-refractivity contribution is -0.131. The minimum Gasteiger partial charge on any atom is -0.352 e. The molecule has 0 bridgehead atoms. The summed E-state index contributed by atoms with van der Waals surface area (Å²) in [5.74, 6) is 1.18. The van der Waals surface area contributed by atoms with E-state index < -0.39 is 0 Å². The number of hydrogen-bond acceptors (Lipinski definition) is 5. The van der Waals surface area contributed by atoms with Crippen LogP contribution in [-0.2, 0) is 11.2 Å². The van der Waals surface area contributed by atoms with Crippen LogP contribution in [0.25, 0.3) is 10.2 Å². The minimum atomic E-state index is 0.211. The second-order valence-electron chi connectivity index (χ2n) is 6.81. The molecule has 28 heavy (non-hydrogen) atoms. The standard InChI is InChI=1S/C20H20Cl2N4OS/c21-16-5-4-14(12-17(16)22)2-1-3-18(27)25-7-9-26(10-8-25)19-15-6-11-28-20(15)24-13-23-19/h4-6,11-13H,1-3,7-10H2. The number of benzene rings is 1. The Morgan fingerprint density at radius 2 is 1.89 bits per heavy atom. The number of anilines is 1. The van der Waals surface area contributed by atoms with Crippen molar-refractivity contribution in [3.8, 4) is 0 Å². The van der Waals surface area contributed by atoms with Crippen molar-refractivity contribution < 1.29 is 4.79 Å². The van der Waals surface area contributed by atoms with Gasteiger partial charge in [-0.05, 0) is 42.0 Å². The zero-order valence-corrected chi connectivity index (χ0v) is 17.6. The van der Waals surface area contributed by atoms with E-state index in [-0.39, 0.29) is 5.91 Å². The fraction of sp³-hybridized carbons (Fsp3) is 0.350. The summed E-state index contributed by atoms with van der Waals surface area (Å²) < 4.78 is 0. The Balaban J connectivity index is 1.28. The highest BCUT2D eigenvalue weighted by Gasteiger charge is 2.23. The van der Waals surface area contributed by atoms with E-state index in [0.717, 1.165) is 60.6 Å². The molecule has 1 aromatic carbocycles. The summed E-state index contributed by atoms with van der Waals surface area (Å²) in [4.78, 5) is 26.5. The van der Waals surface area contributed by atoms with Gasteiger partial charge in [0.05, 0.1) is 15.4 Å². The van der Waals surface area contributed by atoms with Gasteiger partial charge in [0.15, 0.2) is 0 Å². The summed E-state index contributed by atoms with van der Waals surface area (Å²) in [5, 5.41) is 4.25. The molecule has 3 heterocycles. The number of rotatable bonds is 5. The first-order chi connectivity index (χ1) is 13.6. The van der Waals surface area contributed by atoms with Gasteiger partial charge in [-0.3, -0.25) is 4.79 Å². The van der Waals surface area contributed by atoms with E-state index in [2.05, 4.69) is 20.9 Å². The molecule has 0 atom stereocenters. The highest BCUT2D eigenvalue weighted by atomic mass is 35.5. The molecular weight excluding hydrogens is 415 g/mol. The molecular formula is C20H20Cl2N4OS. The average molecular weight is 435 g/mol. The number of nitrogens with zero attached hydrogens (tertiary/aromatic N) is 4. The number of carbonyl (C=O) groups excluding carboxylic acids is 1. The normalized spacial score (nSPS) is 14.6. The summed E-state index contributed by atoms with van der Waals surface area (Å²) in [7, 11) is 0. The van der Waals surface area contributed by atoms with Crippen LogP contribution in [0, 0.1) is 0 Å². The third kappa shape index (κ3) is 4.24. The van der Waals surface area contributed by atoms with Crippen molar-refractivity contribution in [3.05, 3.63) is 51.6 Å². The van der Waals surface area contributed by atoms with Crippen LogP contribution in [0.2, 0.25) is 10.0 Å². The lowest BCUT2D eigenvalue weighted by atomic mass is 10.1. The van der Waals surface area contributed by atoms with E-state index in [9.17, 15) is 4.79 Å². The molecule has 0 aliphatic carbocycles. The fourth-order valence-corrected chi connectivity index (χ4v) is 4.54. The van der Waals surface area contributed by atoms with Crippen LogP contribution in [0.1, 0.15) is 18.4 Å². The lowest BCUT2D eigenvalue weighted by Crippen LogP contribution is -2.49. The Morgan fingerprint density at radius 3 is 2.68 bits per heavy atom. The number of aryl methyl sites for hydroxylation is 1. The first kappa shape index (κ1) is 19.4. The van der Waals surface area contributed by atoms with Crippen molar-refractivity contribution in [2.75, 3.05) is 31.1 Å². The highest BCUT2D eigenvalue weighted by Crippen LogP contribution is 2.27. The zero-order valence-electron chi connectivity index (χ0n) is 15.3. The maximum atomic E-state index is 12.6.